The van der Waals surface area contributed by atoms with E-state index in [0.717, 1.165) is 50.4 Å². The van der Waals surface area contributed by atoms with Gasteiger partial charge in [-0.2, -0.15) is 0 Å². The SMILES string of the molecule is Cc1cccc(/C=C/CN(C)C2CC[C@@]3(N(C)C)[C@H]4Cc5ccc(O)c6c5[C@@]3(CCN4CC3CC3)C2O6)c1. The fourth-order valence-electron chi connectivity index (χ4n) is 9.09. The van der Waals surface area contributed by atoms with E-state index in [4.69, 9.17) is 4.74 Å². The summed E-state index contributed by atoms with van der Waals surface area (Å²) in [4.78, 5) is 7.93. The number of likely N-dealkylation sites (tertiary alicyclic amines) is 1. The van der Waals surface area contributed by atoms with Crippen molar-refractivity contribution in [1.82, 2.24) is 14.7 Å². The van der Waals surface area contributed by atoms with Crippen molar-refractivity contribution in [1.29, 1.82) is 0 Å². The van der Waals surface area contributed by atoms with Crippen LogP contribution in [0, 0.1) is 12.8 Å². The maximum absolute atomic E-state index is 11.0. The number of ether oxygens (including phenoxy) is 1. The van der Waals surface area contributed by atoms with Gasteiger partial charge in [0.25, 0.3) is 0 Å². The molecule has 1 saturated heterocycles. The van der Waals surface area contributed by atoms with Crippen molar-refractivity contribution in [2.24, 2.45) is 5.92 Å². The number of likely N-dealkylation sites (N-methyl/N-ethyl adjacent to an activating group) is 2. The quantitative estimate of drug-likeness (QED) is 0.573. The molecule has 5 nitrogen and oxygen atoms in total. The van der Waals surface area contributed by atoms with Gasteiger partial charge in [0.1, 0.15) is 6.10 Å². The molecule has 0 aromatic heterocycles. The fourth-order valence-corrected chi connectivity index (χ4v) is 9.09. The number of phenols is 1. The normalized spacial score (nSPS) is 33.7. The summed E-state index contributed by atoms with van der Waals surface area (Å²) in [6.45, 7) is 5.41. The van der Waals surface area contributed by atoms with Crippen molar-refractivity contribution < 1.29 is 9.84 Å². The van der Waals surface area contributed by atoms with Crippen LogP contribution in [-0.4, -0.2) is 84.3 Å². The van der Waals surface area contributed by atoms with Gasteiger partial charge in [0.05, 0.1) is 5.41 Å². The second-order valence-corrected chi connectivity index (χ2v) is 13.0. The summed E-state index contributed by atoms with van der Waals surface area (Å²) in [6, 6.07) is 13.6. The number of piperidine rings is 1. The lowest BCUT2D eigenvalue weighted by molar-refractivity contribution is -0.154. The van der Waals surface area contributed by atoms with Crippen molar-refractivity contribution in [2.75, 3.05) is 40.8 Å². The van der Waals surface area contributed by atoms with Crippen LogP contribution in [0.1, 0.15) is 54.4 Å². The summed E-state index contributed by atoms with van der Waals surface area (Å²) in [6.07, 6.45) is 11.8. The van der Waals surface area contributed by atoms with E-state index in [1.807, 2.05) is 6.07 Å². The standard InChI is InChI=1S/C33H43N3O2/c1-22-7-5-8-23(19-22)9-6-17-35(4)26-14-15-33(34(2)3)28-20-25-12-13-27(37)30-29(25)32(33,31(26)38-30)16-18-36(28)21-24-10-11-24/h5-9,12-13,19,24,26,28,31,37H,10-11,14-18,20-21H2,1-4H3/b9-6+/t26?,28-,31?,32+,33-/m1/s1. The fraction of sp³-hybridized carbons (Fsp3) is 0.576. The molecular weight excluding hydrogens is 470 g/mol. The molecule has 5 heteroatoms. The molecule has 2 unspecified atom stereocenters. The Bertz CT molecular complexity index is 1270. The third-order valence-corrected chi connectivity index (χ3v) is 10.8. The van der Waals surface area contributed by atoms with Crippen LogP contribution in [0.4, 0.5) is 0 Å². The monoisotopic (exact) mass is 513 g/mol. The summed E-state index contributed by atoms with van der Waals surface area (Å²) in [5, 5.41) is 11.0. The van der Waals surface area contributed by atoms with E-state index < -0.39 is 0 Å². The van der Waals surface area contributed by atoms with Gasteiger partial charge in [-0.1, -0.05) is 48.0 Å². The van der Waals surface area contributed by atoms with Gasteiger partial charge >= 0.3 is 0 Å². The van der Waals surface area contributed by atoms with Gasteiger partial charge in [0, 0.05) is 36.3 Å². The predicted molar refractivity (Wildman–Crippen MR) is 153 cm³/mol. The molecule has 38 heavy (non-hydrogen) atoms. The number of benzene rings is 2. The number of rotatable bonds is 7. The molecule has 202 valence electrons. The summed E-state index contributed by atoms with van der Waals surface area (Å²) < 4.78 is 6.97. The molecule has 3 aliphatic carbocycles. The van der Waals surface area contributed by atoms with Crippen LogP contribution in [-0.2, 0) is 11.8 Å². The molecule has 0 radical (unpaired) electrons. The second kappa shape index (κ2) is 8.84. The van der Waals surface area contributed by atoms with Crippen LogP contribution >= 0.6 is 0 Å². The minimum Gasteiger partial charge on any atom is -0.504 e. The van der Waals surface area contributed by atoms with Gasteiger partial charge in [-0.15, -0.1) is 0 Å². The van der Waals surface area contributed by atoms with Crippen LogP contribution < -0.4 is 4.74 Å². The Morgan fingerprint density at radius 1 is 1.11 bits per heavy atom. The lowest BCUT2D eigenvalue weighted by Crippen LogP contribution is -2.82. The highest BCUT2D eigenvalue weighted by Gasteiger charge is 2.74. The van der Waals surface area contributed by atoms with Crippen molar-refractivity contribution in [3.05, 3.63) is 64.7 Å². The minimum atomic E-state index is -0.0969. The highest BCUT2D eigenvalue weighted by atomic mass is 16.5. The van der Waals surface area contributed by atoms with Gasteiger partial charge in [-0.3, -0.25) is 9.80 Å². The lowest BCUT2D eigenvalue weighted by atomic mass is 9.46. The maximum Gasteiger partial charge on any atom is 0.165 e. The number of phenolic OH excluding ortho intramolecular Hbond substituents is 1. The van der Waals surface area contributed by atoms with Gasteiger partial charge in [-0.25, -0.2) is 0 Å². The number of hydrogen-bond acceptors (Lipinski definition) is 5. The molecule has 5 atom stereocenters. The maximum atomic E-state index is 11.0. The first-order chi connectivity index (χ1) is 18.3. The molecular formula is C33H43N3O2. The van der Waals surface area contributed by atoms with E-state index in [1.54, 1.807) is 0 Å². The minimum absolute atomic E-state index is 0.0194. The molecule has 2 aromatic carbocycles. The largest absolute Gasteiger partial charge is 0.504 e. The smallest absolute Gasteiger partial charge is 0.165 e. The third-order valence-electron chi connectivity index (χ3n) is 10.8. The van der Waals surface area contributed by atoms with E-state index in [2.05, 4.69) is 85.3 Å². The Hall–Kier alpha value is -2.34. The number of hydrogen-bond donors (Lipinski definition) is 1. The molecule has 3 fully saturated rings. The molecule has 2 aliphatic heterocycles. The number of nitrogens with zero attached hydrogens (tertiary/aromatic N) is 3. The third kappa shape index (κ3) is 3.41. The topological polar surface area (TPSA) is 39.2 Å². The highest BCUT2D eigenvalue weighted by molar-refractivity contribution is 5.63. The first kappa shape index (κ1) is 24.7. The van der Waals surface area contributed by atoms with Gasteiger partial charge < -0.3 is 14.7 Å². The average molecular weight is 514 g/mol. The van der Waals surface area contributed by atoms with Crippen LogP contribution in [0.15, 0.2) is 42.5 Å². The Morgan fingerprint density at radius 2 is 1.95 bits per heavy atom. The van der Waals surface area contributed by atoms with Crippen LogP contribution in [0.3, 0.4) is 0 Å². The Morgan fingerprint density at radius 3 is 2.71 bits per heavy atom. The van der Waals surface area contributed by atoms with Gasteiger partial charge in [0.2, 0.25) is 0 Å². The van der Waals surface area contributed by atoms with Gasteiger partial charge in [-0.05, 0) is 96.2 Å². The molecule has 2 bridgehead atoms. The Kier molecular flexibility index (Phi) is 5.74. The van der Waals surface area contributed by atoms with Gasteiger partial charge in [0.15, 0.2) is 11.5 Å². The van der Waals surface area contributed by atoms with E-state index in [9.17, 15) is 5.11 Å². The molecule has 2 aromatic rings. The molecule has 1 N–H and O–H groups in total. The van der Waals surface area contributed by atoms with Crippen LogP contribution in [0.25, 0.3) is 6.08 Å². The zero-order chi connectivity index (χ0) is 26.2. The second-order valence-electron chi connectivity index (χ2n) is 13.0. The van der Waals surface area contributed by atoms with E-state index in [0.29, 0.717) is 17.8 Å². The highest BCUT2D eigenvalue weighted by Crippen LogP contribution is 2.67. The molecule has 2 saturated carbocycles. The first-order valence-electron chi connectivity index (χ1n) is 14.7. The number of aryl methyl sites for hydroxylation is 1. The average Bonchev–Trinajstić information content (AvgIpc) is 3.64. The molecule has 7 rings (SSSR count). The van der Waals surface area contributed by atoms with Crippen molar-refractivity contribution in [2.45, 2.75) is 74.6 Å². The zero-order valence-electron chi connectivity index (χ0n) is 23.5. The summed E-state index contributed by atoms with van der Waals surface area (Å²) in [5.41, 5.74) is 5.22. The van der Waals surface area contributed by atoms with E-state index in [1.165, 1.54) is 41.6 Å². The first-order valence-corrected chi connectivity index (χ1v) is 14.7. The van der Waals surface area contributed by atoms with E-state index in [-0.39, 0.29) is 17.1 Å². The summed E-state index contributed by atoms with van der Waals surface area (Å²) in [5.74, 6) is 1.99. The van der Waals surface area contributed by atoms with Crippen molar-refractivity contribution in [3.8, 4) is 11.5 Å². The molecule has 5 aliphatic rings. The Labute approximate surface area is 228 Å². The van der Waals surface area contributed by atoms with Crippen molar-refractivity contribution in [3.63, 3.8) is 0 Å². The molecule has 2 heterocycles. The van der Waals surface area contributed by atoms with Crippen LogP contribution in [0.2, 0.25) is 0 Å². The Balaban J connectivity index is 1.27. The predicted octanol–water partition coefficient (Wildman–Crippen LogP) is 4.85. The molecule has 1 spiro atoms. The van der Waals surface area contributed by atoms with Crippen LogP contribution in [0.5, 0.6) is 11.5 Å². The van der Waals surface area contributed by atoms with Crippen molar-refractivity contribution >= 4 is 6.08 Å². The lowest BCUT2D eigenvalue weighted by Gasteiger charge is -2.69. The zero-order valence-corrected chi connectivity index (χ0v) is 23.5. The summed E-state index contributed by atoms with van der Waals surface area (Å²) >= 11 is 0. The number of aromatic hydroxyl groups is 1. The van der Waals surface area contributed by atoms with E-state index >= 15 is 0 Å². The summed E-state index contributed by atoms with van der Waals surface area (Å²) in [7, 11) is 6.89. The molecule has 0 amide bonds.